The lowest BCUT2D eigenvalue weighted by Gasteiger charge is -2.33. The summed E-state index contributed by atoms with van der Waals surface area (Å²) in [4.78, 5) is 13.8. The molecule has 0 bridgehead atoms. The van der Waals surface area contributed by atoms with Gasteiger partial charge in [0.2, 0.25) is 5.91 Å². The maximum atomic E-state index is 11.4. The van der Waals surface area contributed by atoms with E-state index >= 15 is 0 Å². The minimum atomic E-state index is -0.665. The van der Waals surface area contributed by atoms with Crippen molar-refractivity contribution in [3.63, 3.8) is 0 Å². The normalized spacial score (nSPS) is 16.1. The maximum absolute atomic E-state index is 11.4. The number of likely N-dealkylation sites (tertiary alicyclic amines) is 1. The molecule has 1 saturated heterocycles. The second-order valence-electron chi connectivity index (χ2n) is 7.84. The number of aliphatic hydroxyl groups excluding tert-OH is 1. The summed E-state index contributed by atoms with van der Waals surface area (Å²) in [6, 6.07) is 13.3. The lowest BCUT2D eigenvalue weighted by atomic mass is 10.0. The summed E-state index contributed by atoms with van der Waals surface area (Å²) >= 11 is 12.3. The molecule has 1 fully saturated rings. The van der Waals surface area contributed by atoms with Gasteiger partial charge in [-0.3, -0.25) is 9.69 Å². The fourth-order valence-corrected chi connectivity index (χ4v) is 3.99. The van der Waals surface area contributed by atoms with E-state index in [0.717, 1.165) is 43.1 Å². The minimum absolute atomic E-state index is 0.118. The molecule has 0 aromatic heterocycles. The SMILES string of the molecule is CC(=O)Nc1cc(Cl)ccc1OCC(O)CNC1CCN(Cc2ccccc2Cl)CC1. The van der Waals surface area contributed by atoms with Gasteiger partial charge < -0.3 is 20.5 Å². The Morgan fingerprint density at radius 3 is 2.68 bits per heavy atom. The van der Waals surface area contributed by atoms with Crippen molar-refractivity contribution in [2.45, 2.75) is 38.5 Å². The molecule has 1 aliphatic heterocycles. The molecule has 3 N–H and O–H groups in total. The van der Waals surface area contributed by atoms with Crippen LogP contribution in [0.5, 0.6) is 5.75 Å². The van der Waals surface area contributed by atoms with Crippen LogP contribution in [0, 0.1) is 0 Å². The molecule has 31 heavy (non-hydrogen) atoms. The zero-order valence-electron chi connectivity index (χ0n) is 17.6. The minimum Gasteiger partial charge on any atom is -0.489 e. The third-order valence-electron chi connectivity index (χ3n) is 5.27. The molecule has 1 heterocycles. The highest BCUT2D eigenvalue weighted by Crippen LogP contribution is 2.28. The smallest absolute Gasteiger partial charge is 0.221 e. The van der Waals surface area contributed by atoms with Gasteiger partial charge in [0.15, 0.2) is 0 Å². The first-order chi connectivity index (χ1) is 14.9. The highest BCUT2D eigenvalue weighted by atomic mass is 35.5. The fourth-order valence-electron chi connectivity index (χ4n) is 3.63. The van der Waals surface area contributed by atoms with Gasteiger partial charge in [-0.15, -0.1) is 0 Å². The molecule has 0 aliphatic carbocycles. The van der Waals surface area contributed by atoms with Crippen LogP contribution < -0.4 is 15.4 Å². The predicted octanol–water partition coefficient (Wildman–Crippen LogP) is 3.95. The molecule has 0 spiro atoms. The second-order valence-corrected chi connectivity index (χ2v) is 8.68. The molecule has 2 aromatic rings. The number of benzene rings is 2. The number of aliphatic hydroxyl groups is 1. The highest BCUT2D eigenvalue weighted by Gasteiger charge is 2.20. The quantitative estimate of drug-likeness (QED) is 0.522. The maximum Gasteiger partial charge on any atom is 0.221 e. The molecular formula is C23H29Cl2N3O3. The van der Waals surface area contributed by atoms with Gasteiger partial charge in [-0.05, 0) is 55.8 Å². The molecular weight excluding hydrogens is 437 g/mol. The summed E-state index contributed by atoms with van der Waals surface area (Å²) in [6.45, 7) is 4.81. The molecule has 1 atom stereocenters. The van der Waals surface area contributed by atoms with Crippen molar-refractivity contribution in [1.29, 1.82) is 0 Å². The number of amides is 1. The largest absolute Gasteiger partial charge is 0.489 e. The monoisotopic (exact) mass is 465 g/mol. The number of hydrogen-bond donors (Lipinski definition) is 3. The van der Waals surface area contributed by atoms with Crippen LogP contribution in [0.4, 0.5) is 5.69 Å². The molecule has 1 amide bonds. The number of halogens is 2. The summed E-state index contributed by atoms with van der Waals surface area (Å²) < 4.78 is 5.71. The van der Waals surface area contributed by atoms with Crippen LogP contribution in [0.3, 0.4) is 0 Å². The Bertz CT molecular complexity index is 873. The first-order valence-electron chi connectivity index (χ1n) is 10.5. The average molecular weight is 466 g/mol. The van der Waals surface area contributed by atoms with Crippen molar-refractivity contribution in [2.75, 3.05) is 31.6 Å². The number of piperidine rings is 1. The number of rotatable bonds is 9. The first-order valence-corrected chi connectivity index (χ1v) is 11.2. The molecule has 3 rings (SSSR count). The molecule has 2 aromatic carbocycles. The van der Waals surface area contributed by atoms with Gasteiger partial charge in [0.05, 0.1) is 5.69 Å². The second kappa shape index (κ2) is 11.7. The number of nitrogens with one attached hydrogen (secondary N) is 2. The van der Waals surface area contributed by atoms with Gasteiger partial charge in [-0.2, -0.15) is 0 Å². The topological polar surface area (TPSA) is 73.8 Å². The van der Waals surface area contributed by atoms with Gasteiger partial charge in [-0.1, -0.05) is 41.4 Å². The van der Waals surface area contributed by atoms with Crippen molar-refractivity contribution in [3.05, 3.63) is 58.1 Å². The van der Waals surface area contributed by atoms with Crippen LogP contribution in [0.2, 0.25) is 10.0 Å². The summed E-state index contributed by atoms with van der Waals surface area (Å²) in [6.07, 6.45) is 1.37. The van der Waals surface area contributed by atoms with Gasteiger partial charge in [0.1, 0.15) is 18.5 Å². The number of anilines is 1. The van der Waals surface area contributed by atoms with Crippen molar-refractivity contribution < 1.29 is 14.6 Å². The van der Waals surface area contributed by atoms with E-state index in [1.54, 1.807) is 18.2 Å². The Morgan fingerprint density at radius 2 is 1.97 bits per heavy atom. The number of ether oxygens (including phenoxy) is 1. The van der Waals surface area contributed by atoms with E-state index in [4.69, 9.17) is 27.9 Å². The van der Waals surface area contributed by atoms with Crippen LogP contribution >= 0.6 is 23.2 Å². The summed E-state index contributed by atoms with van der Waals surface area (Å²) in [7, 11) is 0. The Balaban J connectivity index is 1.39. The summed E-state index contributed by atoms with van der Waals surface area (Å²) in [5, 5.41) is 17.8. The van der Waals surface area contributed by atoms with Crippen molar-refractivity contribution in [1.82, 2.24) is 10.2 Å². The average Bonchev–Trinajstić information content (AvgIpc) is 2.74. The lowest BCUT2D eigenvalue weighted by Crippen LogP contribution is -2.45. The Hall–Kier alpha value is -1.83. The van der Waals surface area contributed by atoms with E-state index in [9.17, 15) is 9.90 Å². The molecule has 8 heteroatoms. The van der Waals surface area contributed by atoms with Gasteiger partial charge in [-0.25, -0.2) is 0 Å². The third kappa shape index (κ3) is 7.66. The predicted molar refractivity (Wildman–Crippen MR) is 125 cm³/mol. The Morgan fingerprint density at radius 1 is 1.23 bits per heavy atom. The Kier molecular flexibility index (Phi) is 8.99. The summed E-state index contributed by atoms with van der Waals surface area (Å²) in [5.41, 5.74) is 1.65. The van der Waals surface area contributed by atoms with Crippen molar-refractivity contribution >= 4 is 34.8 Å². The van der Waals surface area contributed by atoms with E-state index < -0.39 is 6.10 Å². The number of nitrogens with zero attached hydrogens (tertiary/aromatic N) is 1. The van der Waals surface area contributed by atoms with E-state index in [-0.39, 0.29) is 12.5 Å². The van der Waals surface area contributed by atoms with E-state index in [1.807, 2.05) is 18.2 Å². The number of carbonyl (C=O) groups excluding carboxylic acids is 1. The molecule has 168 valence electrons. The first kappa shape index (κ1) is 23.8. The standard InChI is InChI=1S/C23H29Cl2N3O3/c1-16(29)27-22-12-18(24)6-7-23(22)31-15-20(30)13-26-19-8-10-28(11-9-19)14-17-4-2-3-5-21(17)25/h2-7,12,19-20,26,30H,8-11,13-15H2,1H3,(H,27,29). The zero-order chi connectivity index (χ0) is 22.2. The van der Waals surface area contributed by atoms with Gasteiger partial charge in [0.25, 0.3) is 0 Å². The van der Waals surface area contributed by atoms with Crippen molar-refractivity contribution in [3.8, 4) is 5.75 Å². The fraction of sp³-hybridized carbons (Fsp3) is 0.435. The zero-order valence-corrected chi connectivity index (χ0v) is 19.1. The van der Waals surface area contributed by atoms with E-state index in [1.165, 1.54) is 6.92 Å². The van der Waals surface area contributed by atoms with Gasteiger partial charge in [0, 0.05) is 36.1 Å². The van der Waals surface area contributed by atoms with E-state index in [0.29, 0.717) is 29.0 Å². The molecule has 0 radical (unpaired) electrons. The number of carbonyl (C=O) groups is 1. The molecule has 0 saturated carbocycles. The lowest BCUT2D eigenvalue weighted by molar-refractivity contribution is -0.114. The van der Waals surface area contributed by atoms with Crippen LogP contribution in [-0.4, -0.2) is 54.3 Å². The van der Waals surface area contributed by atoms with Crippen molar-refractivity contribution in [2.24, 2.45) is 0 Å². The van der Waals surface area contributed by atoms with Gasteiger partial charge >= 0.3 is 0 Å². The van der Waals surface area contributed by atoms with Crippen LogP contribution in [0.25, 0.3) is 0 Å². The van der Waals surface area contributed by atoms with E-state index in [2.05, 4.69) is 21.6 Å². The molecule has 1 aliphatic rings. The Labute approximate surface area is 193 Å². The molecule has 6 nitrogen and oxygen atoms in total. The van der Waals surface area contributed by atoms with Crippen LogP contribution in [0.15, 0.2) is 42.5 Å². The number of hydrogen-bond acceptors (Lipinski definition) is 5. The molecule has 1 unspecified atom stereocenters. The van der Waals surface area contributed by atoms with Crippen LogP contribution in [-0.2, 0) is 11.3 Å². The highest BCUT2D eigenvalue weighted by molar-refractivity contribution is 6.31. The summed E-state index contributed by atoms with van der Waals surface area (Å²) in [5.74, 6) is 0.266. The van der Waals surface area contributed by atoms with Crippen LogP contribution in [0.1, 0.15) is 25.3 Å². The third-order valence-corrected chi connectivity index (χ3v) is 5.87.